The lowest BCUT2D eigenvalue weighted by Gasteiger charge is -2.37. The number of thiocarbonyl (C=S) groups is 1. The molecule has 162 valence electrons. The van der Waals surface area contributed by atoms with E-state index >= 15 is 0 Å². The van der Waals surface area contributed by atoms with Crippen LogP contribution in [0.15, 0.2) is 24.3 Å². The van der Waals surface area contributed by atoms with Gasteiger partial charge in [0.1, 0.15) is 5.75 Å². The van der Waals surface area contributed by atoms with Gasteiger partial charge in [0.25, 0.3) is 0 Å². The zero-order chi connectivity index (χ0) is 21.1. The molecule has 4 N–H and O–H groups in total. The van der Waals surface area contributed by atoms with E-state index in [1.807, 2.05) is 24.3 Å². The van der Waals surface area contributed by atoms with Crippen LogP contribution >= 0.6 is 12.2 Å². The molecule has 0 bridgehead atoms. The highest BCUT2D eigenvalue weighted by Gasteiger charge is 2.43. The summed E-state index contributed by atoms with van der Waals surface area (Å²) in [4.78, 5) is 26.7. The molecule has 0 aromatic heterocycles. The van der Waals surface area contributed by atoms with Crippen molar-refractivity contribution < 1.29 is 14.3 Å². The summed E-state index contributed by atoms with van der Waals surface area (Å²) in [6.45, 7) is 1.32. The molecule has 3 atom stereocenters. The van der Waals surface area contributed by atoms with Crippen molar-refractivity contribution in [3.63, 3.8) is 0 Å². The number of nitrogens with zero attached hydrogens (tertiary/aromatic N) is 1. The predicted molar refractivity (Wildman–Crippen MR) is 118 cm³/mol. The average Bonchev–Trinajstić information content (AvgIpc) is 3.44. The van der Waals surface area contributed by atoms with Crippen molar-refractivity contribution in [2.45, 2.75) is 56.3 Å². The normalized spacial score (nSPS) is 25.8. The van der Waals surface area contributed by atoms with Crippen LogP contribution in [-0.4, -0.2) is 66.2 Å². The Labute approximate surface area is 182 Å². The van der Waals surface area contributed by atoms with Crippen molar-refractivity contribution in [1.82, 2.24) is 20.9 Å². The van der Waals surface area contributed by atoms with E-state index in [9.17, 15) is 9.59 Å². The first-order valence-electron chi connectivity index (χ1n) is 10.6. The minimum Gasteiger partial charge on any atom is -0.497 e. The number of ether oxygens (including phenoxy) is 1. The van der Waals surface area contributed by atoms with Gasteiger partial charge in [-0.3, -0.25) is 14.5 Å². The molecule has 4 rings (SSSR count). The number of hydrogen-bond donors (Lipinski definition) is 4. The number of amides is 2. The maximum Gasteiger partial charge on any atom is 0.237 e. The van der Waals surface area contributed by atoms with Crippen molar-refractivity contribution >= 4 is 34.8 Å². The van der Waals surface area contributed by atoms with E-state index in [0.717, 1.165) is 37.2 Å². The number of hydrogen-bond acceptors (Lipinski definition) is 5. The molecule has 9 heteroatoms. The lowest BCUT2D eigenvalue weighted by Crippen LogP contribution is -2.58. The Hall–Kier alpha value is -2.39. The van der Waals surface area contributed by atoms with Crippen molar-refractivity contribution in [1.29, 1.82) is 0 Å². The maximum atomic E-state index is 12.4. The van der Waals surface area contributed by atoms with Gasteiger partial charge in [0.05, 0.1) is 13.2 Å². The second-order valence-corrected chi connectivity index (χ2v) is 8.66. The number of benzene rings is 1. The van der Waals surface area contributed by atoms with Crippen molar-refractivity contribution in [3.05, 3.63) is 24.3 Å². The van der Waals surface area contributed by atoms with Crippen LogP contribution in [0.3, 0.4) is 0 Å². The zero-order valence-electron chi connectivity index (χ0n) is 17.1. The molecule has 3 fully saturated rings. The average molecular weight is 432 g/mol. The fraction of sp³-hybridized carbons (Fsp3) is 0.571. The number of anilines is 1. The van der Waals surface area contributed by atoms with Gasteiger partial charge in [0.15, 0.2) is 5.11 Å². The molecule has 0 radical (unpaired) electrons. The van der Waals surface area contributed by atoms with Gasteiger partial charge in [-0.15, -0.1) is 0 Å². The molecule has 2 aliphatic heterocycles. The fourth-order valence-corrected chi connectivity index (χ4v) is 4.48. The van der Waals surface area contributed by atoms with Crippen LogP contribution < -0.4 is 26.0 Å². The number of methoxy groups -OCH3 is 1. The summed E-state index contributed by atoms with van der Waals surface area (Å²) < 4.78 is 5.17. The van der Waals surface area contributed by atoms with Gasteiger partial charge < -0.3 is 26.0 Å². The summed E-state index contributed by atoms with van der Waals surface area (Å²) in [5, 5.41) is 13.1. The van der Waals surface area contributed by atoms with E-state index in [4.69, 9.17) is 17.0 Å². The molecule has 30 heavy (non-hydrogen) atoms. The maximum absolute atomic E-state index is 12.4. The second kappa shape index (κ2) is 9.18. The monoisotopic (exact) mass is 431 g/mol. The molecular weight excluding hydrogens is 402 g/mol. The molecule has 1 aliphatic carbocycles. The molecule has 3 aliphatic rings. The Morgan fingerprint density at radius 2 is 2.00 bits per heavy atom. The SMILES string of the molecule is COc1ccc(NC(=S)N[C@@H]2C[C@H]3C(=O)NC[C@@H](CCC(=O)NC4CC4)N3C2)cc1. The molecule has 0 spiro atoms. The minimum absolute atomic E-state index is 0.0620. The van der Waals surface area contributed by atoms with E-state index in [1.54, 1.807) is 7.11 Å². The Kier molecular flexibility index (Phi) is 6.38. The highest BCUT2D eigenvalue weighted by atomic mass is 32.1. The summed E-state index contributed by atoms with van der Waals surface area (Å²) in [5.41, 5.74) is 0.876. The number of fused-ring (bicyclic) bond motifs is 1. The van der Waals surface area contributed by atoms with Gasteiger partial charge in [-0.2, -0.15) is 0 Å². The van der Waals surface area contributed by atoms with Crippen molar-refractivity contribution in [3.8, 4) is 5.75 Å². The predicted octanol–water partition coefficient (Wildman–Crippen LogP) is 0.982. The van der Waals surface area contributed by atoms with Crippen molar-refractivity contribution in [2.75, 3.05) is 25.5 Å². The third-order valence-corrected chi connectivity index (χ3v) is 6.17. The summed E-state index contributed by atoms with van der Waals surface area (Å²) in [7, 11) is 1.63. The second-order valence-electron chi connectivity index (χ2n) is 8.25. The molecule has 2 saturated heterocycles. The van der Waals surface area contributed by atoms with Crippen molar-refractivity contribution in [2.24, 2.45) is 0 Å². The summed E-state index contributed by atoms with van der Waals surface area (Å²) in [5.74, 6) is 0.965. The van der Waals surface area contributed by atoms with Gasteiger partial charge in [-0.05, 0) is 62.2 Å². The zero-order valence-corrected chi connectivity index (χ0v) is 18.0. The van der Waals surface area contributed by atoms with Crippen LogP contribution in [0.25, 0.3) is 0 Å². The third-order valence-electron chi connectivity index (χ3n) is 5.95. The molecule has 2 amide bonds. The van der Waals surface area contributed by atoms with E-state index < -0.39 is 0 Å². The number of nitrogens with one attached hydrogen (secondary N) is 4. The topological polar surface area (TPSA) is 94.7 Å². The largest absolute Gasteiger partial charge is 0.497 e. The summed E-state index contributed by atoms with van der Waals surface area (Å²) in [6, 6.07) is 8.02. The number of piperazine rings is 1. The lowest BCUT2D eigenvalue weighted by atomic mass is 10.0. The van der Waals surface area contributed by atoms with E-state index in [2.05, 4.69) is 26.2 Å². The van der Waals surface area contributed by atoms with Gasteiger partial charge in [-0.25, -0.2) is 0 Å². The number of carbonyl (C=O) groups excluding carboxylic acids is 2. The minimum atomic E-state index is -0.170. The quantitative estimate of drug-likeness (QED) is 0.478. The van der Waals surface area contributed by atoms with Crippen LogP contribution in [0, 0.1) is 0 Å². The molecule has 1 aromatic carbocycles. The number of carbonyl (C=O) groups is 2. The third kappa shape index (κ3) is 5.20. The van der Waals surface area contributed by atoms with Gasteiger partial charge in [0.2, 0.25) is 11.8 Å². The smallest absolute Gasteiger partial charge is 0.237 e. The first-order chi connectivity index (χ1) is 14.5. The summed E-state index contributed by atoms with van der Waals surface area (Å²) in [6.07, 6.45) is 4.13. The van der Waals surface area contributed by atoms with E-state index in [-0.39, 0.29) is 29.9 Å². The van der Waals surface area contributed by atoms with E-state index in [0.29, 0.717) is 30.5 Å². The van der Waals surface area contributed by atoms with Crippen LogP contribution in [0.5, 0.6) is 5.75 Å². The highest BCUT2D eigenvalue weighted by molar-refractivity contribution is 7.80. The lowest BCUT2D eigenvalue weighted by molar-refractivity contribution is -0.129. The highest BCUT2D eigenvalue weighted by Crippen LogP contribution is 2.26. The Morgan fingerprint density at radius 1 is 1.23 bits per heavy atom. The Bertz CT molecular complexity index is 798. The first kappa shape index (κ1) is 20.9. The van der Waals surface area contributed by atoms with Gasteiger partial charge in [-0.1, -0.05) is 0 Å². The van der Waals surface area contributed by atoms with Crippen LogP contribution in [0.1, 0.15) is 32.1 Å². The Morgan fingerprint density at radius 3 is 2.70 bits per heavy atom. The van der Waals surface area contributed by atoms with Crippen LogP contribution in [0.2, 0.25) is 0 Å². The Balaban J connectivity index is 1.28. The first-order valence-corrected chi connectivity index (χ1v) is 11.0. The van der Waals surface area contributed by atoms with E-state index in [1.165, 1.54) is 0 Å². The molecular formula is C21H29N5O3S. The van der Waals surface area contributed by atoms with Crippen LogP contribution in [0.4, 0.5) is 5.69 Å². The molecule has 1 aromatic rings. The van der Waals surface area contributed by atoms with Gasteiger partial charge in [0, 0.05) is 43.3 Å². The molecule has 1 saturated carbocycles. The molecule has 2 heterocycles. The summed E-state index contributed by atoms with van der Waals surface area (Å²) >= 11 is 5.46. The molecule has 8 nitrogen and oxygen atoms in total. The fourth-order valence-electron chi connectivity index (χ4n) is 4.20. The number of rotatable bonds is 7. The standard InChI is InChI=1S/C21H29N5O3S/c1-29-17-7-4-14(5-8-17)24-21(30)25-15-10-18-20(28)22-11-16(26(18)12-15)6-9-19(27)23-13-2-3-13/h4-5,7-8,13,15-16,18H,2-3,6,9-12H2,1H3,(H,22,28)(H,23,27)(H2,24,25,30)/t15-,16-,18+/m1/s1. The van der Waals surface area contributed by atoms with Gasteiger partial charge >= 0.3 is 0 Å². The molecule has 0 unspecified atom stereocenters. The van der Waals surface area contributed by atoms with Crippen LogP contribution in [-0.2, 0) is 9.59 Å².